The van der Waals surface area contributed by atoms with Gasteiger partial charge in [-0.25, -0.2) is 0 Å². The number of halogens is 3. The van der Waals surface area contributed by atoms with E-state index < -0.39 is 11.6 Å². The van der Waals surface area contributed by atoms with Gasteiger partial charge in [0.1, 0.15) is 0 Å². The van der Waals surface area contributed by atoms with Gasteiger partial charge in [0, 0.05) is 4.90 Å². The molecule has 0 aliphatic carbocycles. The molecule has 1 unspecified atom stereocenters. The molecule has 6 heteroatoms. The highest BCUT2D eigenvalue weighted by molar-refractivity contribution is 8.00. The zero-order valence-electron chi connectivity index (χ0n) is 7.66. The number of benzene rings is 1. The van der Waals surface area contributed by atoms with Crippen LogP contribution in [0.25, 0.3) is 0 Å². The monoisotopic (exact) mass is 237 g/mol. The van der Waals surface area contributed by atoms with Crippen molar-refractivity contribution >= 4 is 11.8 Å². The summed E-state index contributed by atoms with van der Waals surface area (Å²) in [5.74, 6) is 0. The molecule has 0 heterocycles. The fourth-order valence-corrected chi connectivity index (χ4v) is 1.56. The highest BCUT2D eigenvalue weighted by atomic mass is 32.2. The van der Waals surface area contributed by atoms with Crippen LogP contribution in [0.4, 0.5) is 13.2 Å². The predicted molar refractivity (Wildman–Crippen MR) is 52.4 cm³/mol. The number of thioether (sulfide) groups is 1. The Kier molecular flexibility index (Phi) is 4.01. The quantitative estimate of drug-likeness (QED) is 0.793. The third kappa shape index (κ3) is 4.11. The maximum absolute atomic E-state index is 12.0. The molecule has 0 saturated heterocycles. The summed E-state index contributed by atoms with van der Waals surface area (Å²) in [7, 11) is 0. The lowest BCUT2D eigenvalue weighted by molar-refractivity contribution is -0.0328. The van der Waals surface area contributed by atoms with E-state index in [0.717, 1.165) is 0 Å². The molecule has 2 nitrogen and oxygen atoms in total. The Balaban J connectivity index is 2.72. The molecule has 1 aromatic carbocycles. The van der Waals surface area contributed by atoms with E-state index in [0.29, 0.717) is 5.56 Å². The second-order valence-corrected chi connectivity index (χ2v) is 4.04. The van der Waals surface area contributed by atoms with Crippen molar-refractivity contribution in [1.82, 2.24) is 0 Å². The standard InChI is InChI=1S/C9H10F3NOS/c10-9(11,12)15-7-3-1-6(2-4-7)8(13)5-14/h1-4,8,14H,5,13H2. The van der Waals surface area contributed by atoms with Crippen LogP contribution in [0.5, 0.6) is 0 Å². The molecule has 0 spiro atoms. The van der Waals surface area contributed by atoms with E-state index in [2.05, 4.69) is 0 Å². The second-order valence-electron chi connectivity index (χ2n) is 2.91. The second kappa shape index (κ2) is 4.87. The first-order chi connectivity index (χ1) is 6.92. The van der Waals surface area contributed by atoms with Gasteiger partial charge in [-0.1, -0.05) is 12.1 Å². The van der Waals surface area contributed by atoms with Crippen molar-refractivity contribution in [1.29, 1.82) is 0 Å². The molecule has 0 bridgehead atoms. The van der Waals surface area contributed by atoms with Gasteiger partial charge >= 0.3 is 5.51 Å². The fraction of sp³-hybridized carbons (Fsp3) is 0.333. The minimum absolute atomic E-state index is 0.108. The van der Waals surface area contributed by atoms with Crippen molar-refractivity contribution in [2.45, 2.75) is 16.4 Å². The molecular weight excluding hydrogens is 227 g/mol. The van der Waals surface area contributed by atoms with Crippen LogP contribution in [-0.4, -0.2) is 17.2 Å². The zero-order chi connectivity index (χ0) is 11.5. The number of aliphatic hydroxyl groups excluding tert-OH is 1. The van der Waals surface area contributed by atoms with Crippen molar-refractivity contribution in [2.24, 2.45) is 5.73 Å². The average Bonchev–Trinajstić information content (AvgIpc) is 2.15. The maximum atomic E-state index is 12.0. The Morgan fingerprint density at radius 1 is 1.27 bits per heavy atom. The number of hydrogen-bond acceptors (Lipinski definition) is 3. The molecule has 84 valence electrons. The summed E-state index contributed by atoms with van der Waals surface area (Å²) in [6.45, 7) is -0.230. The Bertz CT molecular complexity index is 312. The Morgan fingerprint density at radius 3 is 2.20 bits per heavy atom. The van der Waals surface area contributed by atoms with Gasteiger partial charge in [0.25, 0.3) is 0 Å². The van der Waals surface area contributed by atoms with Crippen LogP contribution in [0.2, 0.25) is 0 Å². The van der Waals surface area contributed by atoms with Gasteiger partial charge in [-0.2, -0.15) is 13.2 Å². The van der Waals surface area contributed by atoms with Crippen molar-refractivity contribution in [3.05, 3.63) is 29.8 Å². The van der Waals surface area contributed by atoms with Crippen LogP contribution < -0.4 is 5.73 Å². The average molecular weight is 237 g/mol. The van der Waals surface area contributed by atoms with Gasteiger partial charge < -0.3 is 10.8 Å². The van der Waals surface area contributed by atoms with E-state index in [1.807, 2.05) is 0 Å². The lowest BCUT2D eigenvalue weighted by Crippen LogP contribution is -2.14. The molecule has 0 radical (unpaired) electrons. The summed E-state index contributed by atoms with van der Waals surface area (Å²) in [6.07, 6.45) is 0. The van der Waals surface area contributed by atoms with Crippen LogP contribution in [-0.2, 0) is 0 Å². The van der Waals surface area contributed by atoms with Gasteiger partial charge in [0.15, 0.2) is 0 Å². The number of hydrogen-bond donors (Lipinski definition) is 2. The SMILES string of the molecule is NC(CO)c1ccc(SC(F)(F)F)cc1. The largest absolute Gasteiger partial charge is 0.446 e. The van der Waals surface area contributed by atoms with Crippen LogP contribution in [0.1, 0.15) is 11.6 Å². The third-order valence-corrected chi connectivity index (χ3v) is 2.48. The Hall–Kier alpha value is -0.720. The molecule has 1 aromatic rings. The summed E-state index contributed by atoms with van der Waals surface area (Å²) < 4.78 is 35.9. The predicted octanol–water partition coefficient (Wildman–Crippen LogP) is 2.29. The molecule has 1 rings (SSSR count). The molecule has 0 amide bonds. The first kappa shape index (κ1) is 12.4. The smallest absolute Gasteiger partial charge is 0.394 e. The summed E-state index contributed by atoms with van der Waals surface area (Å²) in [4.78, 5) is 0.108. The zero-order valence-corrected chi connectivity index (χ0v) is 8.48. The Morgan fingerprint density at radius 2 is 1.80 bits per heavy atom. The van der Waals surface area contributed by atoms with Gasteiger partial charge in [-0.15, -0.1) is 0 Å². The van der Waals surface area contributed by atoms with Gasteiger partial charge in [-0.3, -0.25) is 0 Å². The van der Waals surface area contributed by atoms with Crippen LogP contribution >= 0.6 is 11.8 Å². The first-order valence-corrected chi connectivity index (χ1v) is 4.96. The van der Waals surface area contributed by atoms with Crippen molar-refractivity contribution < 1.29 is 18.3 Å². The van der Waals surface area contributed by atoms with Crippen molar-refractivity contribution in [3.8, 4) is 0 Å². The molecule has 0 aromatic heterocycles. The minimum Gasteiger partial charge on any atom is -0.394 e. The highest BCUT2D eigenvalue weighted by Crippen LogP contribution is 2.36. The van der Waals surface area contributed by atoms with Crippen LogP contribution in [0.3, 0.4) is 0 Å². The number of aliphatic hydroxyl groups is 1. The van der Waals surface area contributed by atoms with E-state index >= 15 is 0 Å². The van der Waals surface area contributed by atoms with Gasteiger partial charge in [0.05, 0.1) is 12.6 Å². The van der Waals surface area contributed by atoms with Crippen LogP contribution in [0.15, 0.2) is 29.2 Å². The topological polar surface area (TPSA) is 46.2 Å². The molecule has 0 aliphatic heterocycles. The maximum Gasteiger partial charge on any atom is 0.446 e. The summed E-state index contributed by atoms with van der Waals surface area (Å²) in [5.41, 5.74) is 1.83. The number of alkyl halides is 3. The lowest BCUT2D eigenvalue weighted by atomic mass is 10.1. The van der Waals surface area contributed by atoms with Crippen molar-refractivity contribution in [2.75, 3.05) is 6.61 Å². The van der Waals surface area contributed by atoms with Crippen molar-refractivity contribution in [3.63, 3.8) is 0 Å². The number of nitrogens with two attached hydrogens (primary N) is 1. The van der Waals surface area contributed by atoms with Gasteiger partial charge in [-0.05, 0) is 29.5 Å². The normalized spacial score (nSPS) is 13.9. The van der Waals surface area contributed by atoms with E-state index in [9.17, 15) is 13.2 Å². The third-order valence-electron chi connectivity index (χ3n) is 1.74. The fourth-order valence-electron chi connectivity index (χ4n) is 1.02. The summed E-state index contributed by atoms with van der Waals surface area (Å²) in [6, 6.07) is 5.09. The highest BCUT2D eigenvalue weighted by Gasteiger charge is 2.29. The Labute approximate surface area is 89.3 Å². The molecule has 15 heavy (non-hydrogen) atoms. The summed E-state index contributed by atoms with van der Waals surface area (Å²) in [5, 5.41) is 8.73. The molecule has 1 atom stereocenters. The van der Waals surface area contributed by atoms with E-state index in [1.54, 1.807) is 0 Å². The molecule has 0 fully saturated rings. The molecular formula is C9H10F3NOS. The number of rotatable bonds is 3. The summed E-state index contributed by atoms with van der Waals surface area (Å²) >= 11 is -0.175. The molecule has 0 aliphatic rings. The van der Waals surface area contributed by atoms with E-state index in [4.69, 9.17) is 10.8 Å². The lowest BCUT2D eigenvalue weighted by Gasteiger charge is -2.09. The van der Waals surface area contributed by atoms with E-state index in [1.165, 1.54) is 24.3 Å². The van der Waals surface area contributed by atoms with Gasteiger partial charge in [0.2, 0.25) is 0 Å². The minimum atomic E-state index is -4.28. The van der Waals surface area contributed by atoms with Crippen LogP contribution in [0, 0.1) is 0 Å². The molecule has 0 saturated carbocycles. The first-order valence-electron chi connectivity index (χ1n) is 4.14. The van der Waals surface area contributed by atoms with E-state index in [-0.39, 0.29) is 23.3 Å². The molecule has 3 N–H and O–H groups in total.